The van der Waals surface area contributed by atoms with Crippen molar-refractivity contribution in [3.8, 4) is 5.75 Å². The van der Waals surface area contributed by atoms with Crippen molar-refractivity contribution in [2.75, 3.05) is 19.0 Å². The highest BCUT2D eigenvalue weighted by Gasteiger charge is 2.18. The van der Waals surface area contributed by atoms with Crippen LogP contribution in [0.4, 0.5) is 14.9 Å². The van der Waals surface area contributed by atoms with Crippen molar-refractivity contribution in [2.24, 2.45) is 0 Å². The summed E-state index contributed by atoms with van der Waals surface area (Å²) in [5, 5.41) is 2.43. The van der Waals surface area contributed by atoms with E-state index in [9.17, 15) is 14.0 Å². The van der Waals surface area contributed by atoms with E-state index in [2.05, 4.69) is 5.32 Å². The molecule has 0 heterocycles. The standard InChI is InChI=1S/C17H22FNO5/c1-6-23-15(20)8-7-11-9-14(22-5)13(10-12(11)18)19-16(21)24-17(2,3)4/h7-10H,6H2,1-5H3,(H,19,21)/b8-7+. The molecule has 0 bridgehead atoms. The van der Waals surface area contributed by atoms with Gasteiger partial charge in [0.05, 0.1) is 19.4 Å². The quantitative estimate of drug-likeness (QED) is 0.653. The van der Waals surface area contributed by atoms with Crippen LogP contribution in [0, 0.1) is 5.82 Å². The number of rotatable bonds is 5. The molecule has 0 unspecified atom stereocenters. The predicted octanol–water partition coefficient (Wildman–Crippen LogP) is 3.76. The highest BCUT2D eigenvalue weighted by atomic mass is 19.1. The zero-order valence-corrected chi connectivity index (χ0v) is 14.4. The molecule has 0 saturated heterocycles. The first-order chi connectivity index (χ1) is 11.2. The second-order valence-corrected chi connectivity index (χ2v) is 5.79. The number of ether oxygens (including phenoxy) is 3. The van der Waals surface area contributed by atoms with E-state index in [0.717, 1.165) is 12.1 Å². The minimum atomic E-state index is -0.727. The van der Waals surface area contributed by atoms with E-state index in [4.69, 9.17) is 14.2 Å². The van der Waals surface area contributed by atoms with Crippen molar-refractivity contribution >= 4 is 23.8 Å². The van der Waals surface area contributed by atoms with Gasteiger partial charge in [0.15, 0.2) is 0 Å². The summed E-state index contributed by atoms with van der Waals surface area (Å²) in [5.41, 5.74) is -0.440. The minimum Gasteiger partial charge on any atom is -0.495 e. The van der Waals surface area contributed by atoms with Crippen molar-refractivity contribution in [1.82, 2.24) is 0 Å². The van der Waals surface area contributed by atoms with Crippen LogP contribution < -0.4 is 10.1 Å². The molecule has 0 radical (unpaired) electrons. The predicted molar refractivity (Wildman–Crippen MR) is 88.5 cm³/mol. The molecule has 7 heteroatoms. The van der Waals surface area contributed by atoms with Gasteiger partial charge >= 0.3 is 12.1 Å². The summed E-state index contributed by atoms with van der Waals surface area (Å²) in [6.45, 7) is 7.05. The fraction of sp³-hybridized carbons (Fsp3) is 0.412. The Bertz CT molecular complexity index is 635. The van der Waals surface area contributed by atoms with Gasteiger partial charge in [0, 0.05) is 17.7 Å². The average molecular weight is 339 g/mol. The molecule has 1 aromatic carbocycles. The Morgan fingerprint density at radius 3 is 2.50 bits per heavy atom. The molecule has 0 aromatic heterocycles. The fourth-order valence-electron chi connectivity index (χ4n) is 1.73. The summed E-state index contributed by atoms with van der Waals surface area (Å²) in [4.78, 5) is 23.1. The van der Waals surface area contributed by atoms with Crippen molar-refractivity contribution in [1.29, 1.82) is 0 Å². The lowest BCUT2D eigenvalue weighted by Gasteiger charge is -2.20. The maximum absolute atomic E-state index is 14.1. The number of carbonyl (C=O) groups excluding carboxylic acids is 2. The summed E-state index contributed by atoms with van der Waals surface area (Å²) in [7, 11) is 1.38. The van der Waals surface area contributed by atoms with E-state index in [1.807, 2.05) is 0 Å². The first kappa shape index (κ1) is 19.5. The largest absolute Gasteiger partial charge is 0.495 e. The number of esters is 1. The molecule has 1 N–H and O–H groups in total. The molecule has 6 nitrogen and oxygen atoms in total. The van der Waals surface area contributed by atoms with Gasteiger partial charge in [-0.2, -0.15) is 0 Å². The number of carbonyl (C=O) groups is 2. The number of anilines is 1. The number of hydrogen-bond acceptors (Lipinski definition) is 5. The molecule has 0 fully saturated rings. The molecular formula is C17H22FNO5. The Morgan fingerprint density at radius 1 is 1.29 bits per heavy atom. The molecule has 0 aliphatic rings. The topological polar surface area (TPSA) is 73.9 Å². The summed E-state index contributed by atoms with van der Waals surface area (Å²) >= 11 is 0. The fourth-order valence-corrected chi connectivity index (χ4v) is 1.73. The van der Waals surface area contributed by atoms with Gasteiger partial charge in [-0.3, -0.25) is 5.32 Å². The normalized spacial score (nSPS) is 11.2. The zero-order chi connectivity index (χ0) is 18.3. The molecule has 0 aliphatic carbocycles. The lowest BCUT2D eigenvalue weighted by atomic mass is 10.1. The molecule has 0 saturated carbocycles. The lowest BCUT2D eigenvalue weighted by molar-refractivity contribution is -0.137. The van der Waals surface area contributed by atoms with Gasteiger partial charge in [0.25, 0.3) is 0 Å². The molecule has 132 valence electrons. The molecule has 0 aliphatic heterocycles. The number of nitrogens with one attached hydrogen (secondary N) is 1. The molecule has 0 atom stereocenters. The number of hydrogen-bond donors (Lipinski definition) is 1. The van der Waals surface area contributed by atoms with Crippen molar-refractivity contribution in [3.05, 3.63) is 29.6 Å². The van der Waals surface area contributed by atoms with Crippen molar-refractivity contribution in [2.45, 2.75) is 33.3 Å². The van der Waals surface area contributed by atoms with E-state index in [0.29, 0.717) is 0 Å². The monoisotopic (exact) mass is 339 g/mol. The van der Waals surface area contributed by atoms with E-state index in [-0.39, 0.29) is 23.6 Å². The van der Waals surface area contributed by atoms with E-state index in [1.165, 1.54) is 19.3 Å². The number of amides is 1. The number of benzene rings is 1. The highest BCUT2D eigenvalue weighted by Crippen LogP contribution is 2.29. The van der Waals surface area contributed by atoms with Crippen LogP contribution in [0.2, 0.25) is 0 Å². The zero-order valence-electron chi connectivity index (χ0n) is 14.4. The first-order valence-corrected chi connectivity index (χ1v) is 7.38. The van der Waals surface area contributed by atoms with Gasteiger partial charge in [-0.1, -0.05) is 0 Å². The van der Waals surface area contributed by atoms with E-state index in [1.54, 1.807) is 27.7 Å². The SMILES string of the molecule is CCOC(=O)/C=C/c1cc(OC)c(NC(=O)OC(C)(C)C)cc1F. The van der Waals surface area contributed by atoms with Gasteiger partial charge in [-0.15, -0.1) is 0 Å². The highest BCUT2D eigenvalue weighted by molar-refractivity contribution is 5.89. The van der Waals surface area contributed by atoms with Crippen LogP contribution in [0.15, 0.2) is 18.2 Å². The summed E-state index contributed by atoms with van der Waals surface area (Å²) in [6, 6.07) is 2.45. The van der Waals surface area contributed by atoms with Crippen molar-refractivity contribution < 1.29 is 28.2 Å². The van der Waals surface area contributed by atoms with E-state index < -0.39 is 23.5 Å². The van der Waals surface area contributed by atoms with Crippen LogP contribution in [0.3, 0.4) is 0 Å². The van der Waals surface area contributed by atoms with Crippen LogP contribution in [0.5, 0.6) is 5.75 Å². The van der Waals surface area contributed by atoms with Crippen molar-refractivity contribution in [3.63, 3.8) is 0 Å². The number of methoxy groups -OCH3 is 1. The van der Waals surface area contributed by atoms with Gasteiger partial charge in [-0.05, 0) is 39.8 Å². The average Bonchev–Trinajstić information content (AvgIpc) is 2.44. The third-order valence-electron chi connectivity index (χ3n) is 2.64. The summed E-state index contributed by atoms with van der Waals surface area (Å²) in [5.74, 6) is -0.986. The molecular weight excluding hydrogens is 317 g/mol. The second kappa shape index (κ2) is 8.33. The first-order valence-electron chi connectivity index (χ1n) is 7.38. The second-order valence-electron chi connectivity index (χ2n) is 5.79. The van der Waals surface area contributed by atoms with Crippen LogP contribution in [-0.2, 0) is 14.3 Å². The third kappa shape index (κ3) is 6.28. The van der Waals surface area contributed by atoms with Gasteiger partial charge < -0.3 is 14.2 Å². The Kier molecular flexibility index (Phi) is 6.76. The Labute approximate surface area is 140 Å². The summed E-state index contributed by atoms with van der Waals surface area (Å²) in [6.07, 6.45) is 1.66. The molecule has 0 spiro atoms. The number of halogens is 1. The smallest absolute Gasteiger partial charge is 0.412 e. The maximum atomic E-state index is 14.1. The molecule has 1 amide bonds. The third-order valence-corrected chi connectivity index (χ3v) is 2.64. The van der Waals surface area contributed by atoms with Crippen LogP contribution in [0.25, 0.3) is 6.08 Å². The maximum Gasteiger partial charge on any atom is 0.412 e. The molecule has 24 heavy (non-hydrogen) atoms. The van der Waals surface area contributed by atoms with Crippen LogP contribution in [-0.4, -0.2) is 31.4 Å². The van der Waals surface area contributed by atoms with Crippen LogP contribution >= 0.6 is 0 Å². The Hall–Kier alpha value is -2.57. The Balaban J connectivity index is 2.99. The molecule has 1 rings (SSSR count). The van der Waals surface area contributed by atoms with Gasteiger partial charge in [-0.25, -0.2) is 14.0 Å². The Morgan fingerprint density at radius 2 is 1.96 bits per heavy atom. The van der Waals surface area contributed by atoms with Crippen LogP contribution in [0.1, 0.15) is 33.3 Å². The lowest BCUT2D eigenvalue weighted by Crippen LogP contribution is -2.27. The van der Waals surface area contributed by atoms with E-state index >= 15 is 0 Å². The molecule has 1 aromatic rings. The minimum absolute atomic E-state index is 0.120. The summed E-state index contributed by atoms with van der Waals surface area (Å²) < 4.78 is 29.1. The van der Waals surface area contributed by atoms with Gasteiger partial charge in [0.1, 0.15) is 17.2 Å². The van der Waals surface area contributed by atoms with Gasteiger partial charge in [0.2, 0.25) is 0 Å².